The molecule has 20 heavy (non-hydrogen) atoms. The number of hydrogen-bond acceptors (Lipinski definition) is 4. The number of rotatable bonds is 6. The zero-order chi connectivity index (χ0) is 15.4. The highest BCUT2D eigenvalue weighted by Gasteiger charge is 2.47. The van der Waals surface area contributed by atoms with E-state index in [9.17, 15) is 18.0 Å². The molecule has 0 bridgehead atoms. The van der Waals surface area contributed by atoms with Gasteiger partial charge < -0.3 is 9.47 Å². The van der Waals surface area contributed by atoms with E-state index >= 15 is 0 Å². The summed E-state index contributed by atoms with van der Waals surface area (Å²) in [4.78, 5) is 12.1. The highest BCUT2D eigenvalue weighted by atomic mass is 19.4. The third-order valence-electron chi connectivity index (χ3n) is 3.18. The van der Waals surface area contributed by atoms with Crippen molar-refractivity contribution in [3.05, 3.63) is 0 Å². The van der Waals surface area contributed by atoms with E-state index in [1.165, 1.54) is 0 Å². The van der Waals surface area contributed by atoms with Crippen LogP contribution in [0.3, 0.4) is 0 Å². The van der Waals surface area contributed by atoms with Crippen molar-refractivity contribution in [2.24, 2.45) is 0 Å². The maximum Gasteiger partial charge on any atom is 0.411 e. The van der Waals surface area contributed by atoms with Gasteiger partial charge in [0.05, 0.1) is 12.7 Å². The molecule has 0 amide bonds. The Labute approximate surface area is 117 Å². The summed E-state index contributed by atoms with van der Waals surface area (Å²) in [6.07, 6.45) is -3.88. The number of carbonyl (C=O) groups excluding carboxylic acids is 1. The molecule has 1 N–H and O–H groups in total. The predicted octanol–water partition coefficient (Wildman–Crippen LogP) is 2.42. The van der Waals surface area contributed by atoms with Crippen LogP contribution in [0.5, 0.6) is 0 Å². The van der Waals surface area contributed by atoms with Crippen molar-refractivity contribution in [3.8, 4) is 0 Å². The predicted molar refractivity (Wildman–Crippen MR) is 67.3 cm³/mol. The van der Waals surface area contributed by atoms with Gasteiger partial charge in [-0.2, -0.15) is 13.2 Å². The molecule has 0 aliphatic heterocycles. The highest BCUT2D eigenvalue weighted by molar-refractivity contribution is 5.81. The monoisotopic (exact) mass is 297 g/mol. The lowest BCUT2D eigenvalue weighted by Gasteiger charge is -2.30. The van der Waals surface area contributed by atoms with Crippen LogP contribution in [-0.2, 0) is 14.3 Å². The van der Waals surface area contributed by atoms with Gasteiger partial charge in [-0.1, -0.05) is 0 Å². The van der Waals surface area contributed by atoms with Crippen molar-refractivity contribution in [1.82, 2.24) is 5.32 Å². The van der Waals surface area contributed by atoms with E-state index in [2.05, 4.69) is 5.32 Å². The number of hydrogen-bond donors (Lipinski definition) is 1. The molecular weight excluding hydrogens is 275 g/mol. The summed E-state index contributed by atoms with van der Waals surface area (Å²) in [5.41, 5.74) is -0.930. The van der Waals surface area contributed by atoms with Crippen LogP contribution in [0.1, 0.15) is 40.0 Å². The molecule has 1 fully saturated rings. The molecule has 2 unspecified atom stereocenters. The van der Waals surface area contributed by atoms with E-state index in [0.29, 0.717) is 12.8 Å². The molecule has 1 aliphatic carbocycles. The molecule has 0 spiro atoms. The van der Waals surface area contributed by atoms with Crippen LogP contribution < -0.4 is 5.32 Å². The fourth-order valence-electron chi connectivity index (χ4n) is 2.55. The number of alkyl halides is 3. The summed E-state index contributed by atoms with van der Waals surface area (Å²) >= 11 is 0. The number of esters is 1. The molecule has 4 nitrogen and oxygen atoms in total. The van der Waals surface area contributed by atoms with Crippen molar-refractivity contribution in [2.45, 2.75) is 63.9 Å². The summed E-state index contributed by atoms with van der Waals surface area (Å²) in [7, 11) is 0. The lowest BCUT2D eigenvalue weighted by Crippen LogP contribution is -2.54. The van der Waals surface area contributed by atoms with E-state index in [1.807, 2.05) is 13.8 Å². The number of carbonyl (C=O) groups is 1. The Hall–Kier alpha value is -0.820. The zero-order valence-electron chi connectivity index (χ0n) is 12.0. The summed E-state index contributed by atoms with van der Waals surface area (Å²) in [6.45, 7) is 4.43. The summed E-state index contributed by atoms with van der Waals surface area (Å²) < 4.78 is 46.4. The molecule has 1 rings (SSSR count). The highest BCUT2D eigenvalue weighted by Crippen LogP contribution is 2.34. The van der Waals surface area contributed by atoms with E-state index in [-0.39, 0.29) is 19.1 Å². The van der Waals surface area contributed by atoms with Crippen molar-refractivity contribution in [1.29, 1.82) is 0 Å². The second-order valence-electron chi connectivity index (χ2n) is 5.39. The van der Waals surface area contributed by atoms with Crippen molar-refractivity contribution in [2.75, 3.05) is 13.2 Å². The zero-order valence-corrected chi connectivity index (χ0v) is 12.0. The fraction of sp³-hybridized carbons (Fsp3) is 0.923. The van der Waals surface area contributed by atoms with Gasteiger partial charge in [-0.25, -0.2) is 0 Å². The maximum absolute atomic E-state index is 12.2. The van der Waals surface area contributed by atoms with Crippen molar-refractivity contribution in [3.63, 3.8) is 0 Å². The smallest absolute Gasteiger partial charge is 0.411 e. The normalized spacial score (nSPS) is 27.1. The van der Waals surface area contributed by atoms with Crippen LogP contribution >= 0.6 is 0 Å². The Kier molecular flexibility index (Phi) is 5.82. The van der Waals surface area contributed by atoms with E-state index in [4.69, 9.17) is 9.47 Å². The lowest BCUT2D eigenvalue weighted by molar-refractivity contribution is -0.185. The van der Waals surface area contributed by atoms with Crippen LogP contribution in [0, 0.1) is 0 Å². The van der Waals surface area contributed by atoms with E-state index in [0.717, 1.165) is 0 Å². The average Bonchev–Trinajstić information content (AvgIpc) is 2.70. The molecule has 118 valence electrons. The number of halogens is 3. The van der Waals surface area contributed by atoms with Crippen molar-refractivity contribution >= 4 is 5.97 Å². The number of nitrogens with one attached hydrogen (secondary N) is 1. The van der Waals surface area contributed by atoms with Gasteiger partial charge in [0.15, 0.2) is 0 Å². The molecule has 1 saturated carbocycles. The third kappa shape index (κ3) is 4.94. The minimum atomic E-state index is -4.35. The molecule has 0 aromatic carbocycles. The second-order valence-corrected chi connectivity index (χ2v) is 5.39. The maximum atomic E-state index is 12.2. The molecule has 7 heteroatoms. The van der Waals surface area contributed by atoms with Gasteiger partial charge in [0, 0.05) is 12.5 Å². The van der Waals surface area contributed by atoms with Crippen molar-refractivity contribution < 1.29 is 27.4 Å². The van der Waals surface area contributed by atoms with Gasteiger partial charge in [-0.05, 0) is 33.6 Å². The Morgan fingerprint density at radius 2 is 2.10 bits per heavy atom. The van der Waals surface area contributed by atoms with Gasteiger partial charge in [-0.3, -0.25) is 10.1 Å². The summed E-state index contributed by atoms with van der Waals surface area (Å²) in [5.74, 6) is -0.410. The molecule has 0 radical (unpaired) electrons. The first kappa shape index (κ1) is 17.2. The van der Waals surface area contributed by atoms with Gasteiger partial charge in [0.2, 0.25) is 0 Å². The van der Waals surface area contributed by atoms with Gasteiger partial charge >= 0.3 is 12.1 Å². The van der Waals surface area contributed by atoms with E-state index < -0.39 is 30.4 Å². The Bertz CT molecular complexity index is 333. The molecular formula is C13H22F3NO3. The first-order valence-corrected chi connectivity index (χ1v) is 6.82. The largest absolute Gasteiger partial charge is 0.465 e. The quantitative estimate of drug-likeness (QED) is 0.765. The van der Waals surface area contributed by atoms with Crippen LogP contribution in [0.15, 0.2) is 0 Å². The molecule has 1 aliphatic rings. The Balaban J connectivity index is 2.66. The molecule has 0 aromatic heterocycles. The Morgan fingerprint density at radius 1 is 1.45 bits per heavy atom. The van der Waals surface area contributed by atoms with Gasteiger partial charge in [-0.15, -0.1) is 0 Å². The Morgan fingerprint density at radius 3 is 2.60 bits per heavy atom. The van der Waals surface area contributed by atoms with Crippen LogP contribution in [-0.4, -0.2) is 43.0 Å². The molecule has 0 heterocycles. The average molecular weight is 297 g/mol. The molecule has 2 atom stereocenters. The van der Waals surface area contributed by atoms with Crippen LogP contribution in [0.2, 0.25) is 0 Å². The lowest BCUT2D eigenvalue weighted by atomic mass is 9.96. The molecule has 0 saturated heterocycles. The standard InChI is InChI=1S/C13H22F3NO3/c1-4-19-11(18)12(17-9(2)3)6-5-10(7-12)20-8-13(14,15)16/h9-10,17H,4-8H2,1-3H3. The van der Waals surface area contributed by atoms with Crippen LogP contribution in [0.25, 0.3) is 0 Å². The first-order valence-electron chi connectivity index (χ1n) is 6.82. The second kappa shape index (κ2) is 6.76. The first-order chi connectivity index (χ1) is 9.18. The third-order valence-corrected chi connectivity index (χ3v) is 3.18. The topological polar surface area (TPSA) is 47.6 Å². The molecule has 0 aromatic rings. The van der Waals surface area contributed by atoms with E-state index in [1.54, 1.807) is 6.92 Å². The summed E-state index contributed by atoms with van der Waals surface area (Å²) in [5, 5.41) is 3.13. The summed E-state index contributed by atoms with van der Waals surface area (Å²) in [6, 6.07) is 0.0285. The van der Waals surface area contributed by atoms with Gasteiger partial charge in [0.1, 0.15) is 12.1 Å². The minimum Gasteiger partial charge on any atom is -0.465 e. The SMILES string of the molecule is CCOC(=O)C1(NC(C)C)CCC(OCC(F)(F)F)C1. The fourth-order valence-corrected chi connectivity index (χ4v) is 2.55. The number of ether oxygens (including phenoxy) is 2. The minimum absolute atomic E-state index is 0.0285. The van der Waals surface area contributed by atoms with Crippen LogP contribution in [0.4, 0.5) is 13.2 Å². The van der Waals surface area contributed by atoms with Gasteiger partial charge in [0.25, 0.3) is 0 Å².